The zero-order valence-corrected chi connectivity index (χ0v) is 9.76. The smallest absolute Gasteiger partial charge is 0.131 e. The van der Waals surface area contributed by atoms with Crippen LogP contribution in [0.1, 0.15) is 5.56 Å². The van der Waals surface area contributed by atoms with E-state index in [1.807, 2.05) is 0 Å². The molecule has 0 amide bonds. The van der Waals surface area contributed by atoms with Crippen molar-refractivity contribution in [1.29, 1.82) is 0 Å². The number of pyridine rings is 1. The van der Waals surface area contributed by atoms with Gasteiger partial charge in [0.25, 0.3) is 0 Å². The lowest BCUT2D eigenvalue weighted by molar-refractivity contribution is 0.631. The van der Waals surface area contributed by atoms with Crippen LogP contribution in [0.4, 0.5) is 4.39 Å². The number of alkyl halides is 1. The molecule has 4 heteroatoms. The Balaban J connectivity index is 2.60. The third-order valence-electron chi connectivity index (χ3n) is 2.26. The van der Waals surface area contributed by atoms with Crippen LogP contribution in [-0.2, 0) is 5.88 Å². The van der Waals surface area contributed by atoms with Crippen LogP contribution in [0.5, 0.6) is 0 Å². The maximum atomic E-state index is 13.6. The van der Waals surface area contributed by atoms with Crippen LogP contribution >= 0.6 is 23.2 Å². The van der Waals surface area contributed by atoms with E-state index in [4.69, 9.17) is 23.2 Å². The van der Waals surface area contributed by atoms with E-state index >= 15 is 0 Å². The summed E-state index contributed by atoms with van der Waals surface area (Å²) in [7, 11) is 0. The Morgan fingerprint density at radius 1 is 1.19 bits per heavy atom. The molecule has 0 fully saturated rings. The predicted octanol–water partition coefficient (Wildman–Crippen LogP) is 4.28. The van der Waals surface area contributed by atoms with E-state index < -0.39 is 0 Å². The average Bonchev–Trinajstić information content (AvgIpc) is 2.30. The van der Waals surface area contributed by atoms with E-state index in [0.717, 1.165) is 5.56 Å². The third-order valence-corrected chi connectivity index (χ3v) is 2.76. The summed E-state index contributed by atoms with van der Waals surface area (Å²) in [4.78, 5) is 3.95. The first-order valence-electron chi connectivity index (χ1n) is 4.67. The number of benzene rings is 1. The minimum Gasteiger partial charge on any atom is -0.244 e. The predicted molar refractivity (Wildman–Crippen MR) is 64.2 cm³/mol. The molecule has 1 aromatic heterocycles. The second-order valence-corrected chi connectivity index (χ2v) is 3.93. The van der Waals surface area contributed by atoms with E-state index in [9.17, 15) is 4.39 Å². The van der Waals surface area contributed by atoms with Gasteiger partial charge in [0.1, 0.15) is 11.0 Å². The average molecular weight is 256 g/mol. The van der Waals surface area contributed by atoms with Crippen LogP contribution in [-0.4, -0.2) is 4.98 Å². The van der Waals surface area contributed by atoms with Crippen LogP contribution in [0.15, 0.2) is 36.5 Å². The van der Waals surface area contributed by atoms with Gasteiger partial charge < -0.3 is 0 Å². The Labute approximate surface area is 103 Å². The van der Waals surface area contributed by atoms with Crippen molar-refractivity contribution in [2.75, 3.05) is 0 Å². The number of rotatable bonds is 2. The second-order valence-electron chi connectivity index (χ2n) is 3.28. The summed E-state index contributed by atoms with van der Waals surface area (Å²) in [6.45, 7) is 0. The summed E-state index contributed by atoms with van der Waals surface area (Å²) in [6.07, 6.45) is 1.54. The Hall–Kier alpha value is -1.12. The van der Waals surface area contributed by atoms with E-state index in [2.05, 4.69) is 4.98 Å². The first-order valence-corrected chi connectivity index (χ1v) is 5.59. The van der Waals surface area contributed by atoms with Crippen molar-refractivity contribution in [3.63, 3.8) is 0 Å². The van der Waals surface area contributed by atoms with Gasteiger partial charge in [-0.25, -0.2) is 9.37 Å². The van der Waals surface area contributed by atoms with Gasteiger partial charge in [-0.15, -0.1) is 11.6 Å². The Kier molecular flexibility index (Phi) is 3.42. The molecular formula is C12H8Cl2FN. The third kappa shape index (κ3) is 2.18. The summed E-state index contributed by atoms with van der Waals surface area (Å²) < 4.78 is 13.6. The van der Waals surface area contributed by atoms with Crippen molar-refractivity contribution >= 4 is 23.2 Å². The maximum absolute atomic E-state index is 13.6. The maximum Gasteiger partial charge on any atom is 0.131 e. The fourth-order valence-corrected chi connectivity index (χ4v) is 1.90. The minimum absolute atomic E-state index is 0.270. The monoisotopic (exact) mass is 255 g/mol. The summed E-state index contributed by atoms with van der Waals surface area (Å²) in [6, 6.07) is 8.15. The van der Waals surface area contributed by atoms with Crippen molar-refractivity contribution in [2.45, 2.75) is 5.88 Å². The molecule has 0 aliphatic carbocycles. The van der Waals surface area contributed by atoms with Gasteiger partial charge in [-0.3, -0.25) is 0 Å². The highest BCUT2D eigenvalue weighted by molar-refractivity contribution is 6.29. The number of aromatic nitrogens is 1. The highest BCUT2D eigenvalue weighted by atomic mass is 35.5. The van der Waals surface area contributed by atoms with Crippen molar-refractivity contribution < 1.29 is 4.39 Å². The summed E-state index contributed by atoms with van der Waals surface area (Å²) in [5.41, 5.74) is 1.94. The Bertz CT molecular complexity index is 514. The van der Waals surface area contributed by atoms with Crippen molar-refractivity contribution in [3.05, 3.63) is 53.1 Å². The molecular weight excluding hydrogens is 248 g/mol. The standard InChI is InChI=1S/C12H8Cl2FN/c13-6-8-5-12(14)16-7-10(8)9-3-1-2-4-11(9)15/h1-5,7H,6H2. The van der Waals surface area contributed by atoms with Crippen LogP contribution < -0.4 is 0 Å². The van der Waals surface area contributed by atoms with Gasteiger partial charge in [-0.1, -0.05) is 29.8 Å². The zero-order chi connectivity index (χ0) is 11.5. The molecule has 1 nitrogen and oxygen atoms in total. The van der Waals surface area contributed by atoms with E-state index in [0.29, 0.717) is 16.3 Å². The highest BCUT2D eigenvalue weighted by Crippen LogP contribution is 2.28. The molecule has 1 heterocycles. The van der Waals surface area contributed by atoms with Crippen molar-refractivity contribution in [2.24, 2.45) is 0 Å². The van der Waals surface area contributed by atoms with Gasteiger partial charge >= 0.3 is 0 Å². The Morgan fingerprint density at radius 2 is 1.94 bits per heavy atom. The van der Waals surface area contributed by atoms with E-state index in [1.165, 1.54) is 6.07 Å². The van der Waals surface area contributed by atoms with Crippen LogP contribution in [0.2, 0.25) is 5.15 Å². The normalized spacial score (nSPS) is 10.4. The molecule has 1 aromatic carbocycles. The molecule has 0 spiro atoms. The molecule has 2 rings (SSSR count). The fourth-order valence-electron chi connectivity index (χ4n) is 1.50. The Morgan fingerprint density at radius 3 is 2.62 bits per heavy atom. The molecule has 0 unspecified atom stereocenters. The lowest BCUT2D eigenvalue weighted by Gasteiger charge is -2.07. The van der Waals surface area contributed by atoms with Gasteiger partial charge in [0.05, 0.1) is 0 Å². The molecule has 82 valence electrons. The number of hydrogen-bond donors (Lipinski definition) is 0. The van der Waals surface area contributed by atoms with Crippen LogP contribution in [0, 0.1) is 5.82 Å². The first kappa shape index (κ1) is 11.4. The number of halogens is 3. The molecule has 2 aromatic rings. The zero-order valence-electron chi connectivity index (χ0n) is 8.25. The van der Waals surface area contributed by atoms with Gasteiger partial charge in [0.2, 0.25) is 0 Å². The molecule has 0 atom stereocenters. The van der Waals surface area contributed by atoms with Crippen LogP contribution in [0.3, 0.4) is 0 Å². The number of nitrogens with zero attached hydrogens (tertiary/aromatic N) is 1. The molecule has 16 heavy (non-hydrogen) atoms. The summed E-state index contributed by atoms with van der Waals surface area (Å²) in [5, 5.41) is 0.357. The summed E-state index contributed by atoms with van der Waals surface area (Å²) >= 11 is 11.6. The van der Waals surface area contributed by atoms with E-state index in [1.54, 1.807) is 30.5 Å². The van der Waals surface area contributed by atoms with Crippen molar-refractivity contribution in [1.82, 2.24) is 4.98 Å². The largest absolute Gasteiger partial charge is 0.244 e. The molecule has 0 aliphatic rings. The number of hydrogen-bond acceptors (Lipinski definition) is 1. The second kappa shape index (κ2) is 4.81. The molecule has 0 aliphatic heterocycles. The lowest BCUT2D eigenvalue weighted by atomic mass is 10.0. The highest BCUT2D eigenvalue weighted by Gasteiger charge is 2.09. The van der Waals surface area contributed by atoms with Gasteiger partial charge in [-0.05, 0) is 17.7 Å². The topological polar surface area (TPSA) is 12.9 Å². The SMILES string of the molecule is Fc1ccccc1-c1cnc(Cl)cc1CCl. The van der Waals surface area contributed by atoms with Crippen LogP contribution in [0.25, 0.3) is 11.1 Å². The molecule has 0 bridgehead atoms. The lowest BCUT2D eigenvalue weighted by Crippen LogP contribution is -1.91. The quantitative estimate of drug-likeness (QED) is 0.577. The fraction of sp³-hybridized carbons (Fsp3) is 0.0833. The van der Waals surface area contributed by atoms with Crippen molar-refractivity contribution in [3.8, 4) is 11.1 Å². The first-order chi connectivity index (χ1) is 7.72. The molecule has 0 radical (unpaired) electrons. The van der Waals surface area contributed by atoms with Gasteiger partial charge in [-0.2, -0.15) is 0 Å². The van der Waals surface area contributed by atoms with Gasteiger partial charge in [0, 0.05) is 23.2 Å². The van der Waals surface area contributed by atoms with Gasteiger partial charge in [0.15, 0.2) is 0 Å². The molecule has 0 N–H and O–H groups in total. The van der Waals surface area contributed by atoms with E-state index in [-0.39, 0.29) is 11.7 Å². The minimum atomic E-state index is -0.294. The molecule has 0 saturated heterocycles. The summed E-state index contributed by atoms with van der Waals surface area (Å²) in [5.74, 6) is -0.0238. The molecule has 0 saturated carbocycles.